The van der Waals surface area contributed by atoms with Crippen molar-refractivity contribution in [2.75, 3.05) is 13.1 Å². The normalized spacial score (nSPS) is 16.6. The molecule has 0 saturated carbocycles. The molecule has 1 aliphatic heterocycles. The van der Waals surface area contributed by atoms with E-state index in [4.69, 9.17) is 0 Å². The fourth-order valence-corrected chi connectivity index (χ4v) is 2.34. The van der Waals surface area contributed by atoms with Crippen molar-refractivity contribution in [1.82, 2.24) is 10.2 Å². The zero-order valence-electron chi connectivity index (χ0n) is 11.2. The number of amides is 2. The Morgan fingerprint density at radius 1 is 1.05 bits per heavy atom. The summed E-state index contributed by atoms with van der Waals surface area (Å²) in [6.45, 7) is 2.14. The molecule has 1 saturated heterocycles. The van der Waals surface area contributed by atoms with Gasteiger partial charge in [0.1, 0.15) is 5.82 Å². The number of hydrogen-bond acceptors (Lipinski definition) is 1. The monoisotopic (exact) mass is 264 g/mol. The first-order valence-electron chi connectivity index (χ1n) is 7.03. The Morgan fingerprint density at radius 2 is 1.63 bits per heavy atom. The van der Waals surface area contributed by atoms with Crippen LogP contribution in [0.2, 0.25) is 0 Å². The largest absolute Gasteiger partial charge is 0.334 e. The van der Waals surface area contributed by atoms with Crippen LogP contribution in [0.1, 0.15) is 37.7 Å². The Hall–Kier alpha value is -1.58. The third-order valence-electron chi connectivity index (χ3n) is 3.50. The zero-order valence-corrected chi connectivity index (χ0v) is 11.2. The summed E-state index contributed by atoms with van der Waals surface area (Å²) < 4.78 is 12.8. The molecular formula is C15H21FN2O. The molecular weight excluding hydrogens is 243 g/mol. The van der Waals surface area contributed by atoms with Crippen LogP contribution in [0, 0.1) is 5.82 Å². The number of rotatable bonds is 2. The average molecular weight is 264 g/mol. The van der Waals surface area contributed by atoms with E-state index >= 15 is 0 Å². The molecule has 19 heavy (non-hydrogen) atoms. The molecule has 3 nitrogen and oxygen atoms in total. The molecule has 1 aromatic rings. The lowest BCUT2D eigenvalue weighted by atomic mass is 10.1. The van der Waals surface area contributed by atoms with E-state index in [-0.39, 0.29) is 11.8 Å². The molecule has 104 valence electrons. The van der Waals surface area contributed by atoms with E-state index in [1.165, 1.54) is 31.4 Å². The molecule has 1 heterocycles. The third kappa shape index (κ3) is 4.54. The van der Waals surface area contributed by atoms with E-state index in [1.54, 1.807) is 12.1 Å². The summed E-state index contributed by atoms with van der Waals surface area (Å²) in [4.78, 5) is 13.9. The van der Waals surface area contributed by atoms with E-state index in [0.29, 0.717) is 6.54 Å². The fraction of sp³-hybridized carbons (Fsp3) is 0.533. The van der Waals surface area contributed by atoms with Crippen molar-refractivity contribution in [3.8, 4) is 0 Å². The highest BCUT2D eigenvalue weighted by molar-refractivity contribution is 5.74. The van der Waals surface area contributed by atoms with Crippen LogP contribution in [-0.4, -0.2) is 24.0 Å². The summed E-state index contributed by atoms with van der Waals surface area (Å²) in [6.07, 6.45) is 5.88. The maximum atomic E-state index is 12.8. The van der Waals surface area contributed by atoms with Crippen LogP contribution in [0.25, 0.3) is 0 Å². The number of carbonyl (C=O) groups excluding carboxylic acids is 1. The maximum absolute atomic E-state index is 12.8. The second-order valence-electron chi connectivity index (χ2n) is 5.04. The zero-order chi connectivity index (χ0) is 13.5. The van der Waals surface area contributed by atoms with Crippen molar-refractivity contribution in [3.63, 3.8) is 0 Å². The van der Waals surface area contributed by atoms with Crippen LogP contribution in [0.5, 0.6) is 0 Å². The van der Waals surface area contributed by atoms with Crippen molar-refractivity contribution < 1.29 is 9.18 Å². The topological polar surface area (TPSA) is 32.3 Å². The summed E-state index contributed by atoms with van der Waals surface area (Å²) >= 11 is 0. The molecule has 1 aromatic carbocycles. The molecule has 0 radical (unpaired) electrons. The molecule has 1 aliphatic rings. The van der Waals surface area contributed by atoms with Gasteiger partial charge in [-0.15, -0.1) is 0 Å². The first-order chi connectivity index (χ1) is 9.25. The van der Waals surface area contributed by atoms with Crippen molar-refractivity contribution in [2.24, 2.45) is 0 Å². The number of urea groups is 1. The molecule has 0 spiro atoms. The molecule has 4 heteroatoms. The minimum Gasteiger partial charge on any atom is -0.334 e. The molecule has 1 N–H and O–H groups in total. The predicted molar refractivity (Wildman–Crippen MR) is 73.3 cm³/mol. The molecule has 0 aliphatic carbocycles. The van der Waals surface area contributed by atoms with Crippen LogP contribution in [-0.2, 0) is 6.54 Å². The van der Waals surface area contributed by atoms with Crippen molar-refractivity contribution in [2.45, 2.75) is 38.6 Å². The van der Waals surface area contributed by atoms with Gasteiger partial charge in [-0.1, -0.05) is 31.4 Å². The van der Waals surface area contributed by atoms with Gasteiger partial charge in [-0.3, -0.25) is 0 Å². The molecule has 2 amide bonds. The summed E-state index contributed by atoms with van der Waals surface area (Å²) in [7, 11) is 0. The van der Waals surface area contributed by atoms with Crippen molar-refractivity contribution in [3.05, 3.63) is 35.6 Å². The van der Waals surface area contributed by atoms with E-state index in [9.17, 15) is 9.18 Å². The Bertz CT molecular complexity index is 397. The molecule has 0 aromatic heterocycles. The third-order valence-corrected chi connectivity index (χ3v) is 3.50. The summed E-state index contributed by atoms with van der Waals surface area (Å²) in [5.41, 5.74) is 0.918. The van der Waals surface area contributed by atoms with Crippen LogP contribution in [0.3, 0.4) is 0 Å². The number of hydrogen-bond donors (Lipinski definition) is 1. The molecule has 0 atom stereocenters. The van der Waals surface area contributed by atoms with E-state index < -0.39 is 0 Å². The van der Waals surface area contributed by atoms with Gasteiger partial charge in [0.05, 0.1) is 0 Å². The number of nitrogens with one attached hydrogen (secondary N) is 1. The average Bonchev–Trinajstić information content (AvgIpc) is 2.37. The second-order valence-corrected chi connectivity index (χ2v) is 5.04. The van der Waals surface area contributed by atoms with Crippen LogP contribution in [0.15, 0.2) is 24.3 Å². The highest BCUT2D eigenvalue weighted by Crippen LogP contribution is 2.10. The van der Waals surface area contributed by atoms with Crippen LogP contribution < -0.4 is 5.32 Å². The number of benzene rings is 1. The van der Waals surface area contributed by atoms with E-state index in [1.807, 2.05) is 4.90 Å². The second kappa shape index (κ2) is 7.12. The molecule has 0 bridgehead atoms. The lowest BCUT2D eigenvalue weighted by Crippen LogP contribution is -2.41. The smallest absolute Gasteiger partial charge is 0.317 e. The summed E-state index contributed by atoms with van der Waals surface area (Å²) in [6, 6.07) is 6.22. The summed E-state index contributed by atoms with van der Waals surface area (Å²) in [5, 5.41) is 2.90. The van der Waals surface area contributed by atoms with Crippen molar-refractivity contribution in [1.29, 1.82) is 0 Å². The number of likely N-dealkylation sites (tertiary alicyclic amines) is 1. The van der Waals surface area contributed by atoms with E-state index in [0.717, 1.165) is 31.5 Å². The quantitative estimate of drug-likeness (QED) is 0.873. The van der Waals surface area contributed by atoms with Gasteiger partial charge >= 0.3 is 6.03 Å². The first-order valence-corrected chi connectivity index (χ1v) is 7.03. The highest BCUT2D eigenvalue weighted by atomic mass is 19.1. The maximum Gasteiger partial charge on any atom is 0.317 e. The molecule has 2 rings (SSSR count). The minimum atomic E-state index is -0.251. The standard InChI is InChI=1S/C15H21FN2O/c16-14-8-6-13(7-9-14)12-17-15(19)18-10-4-2-1-3-5-11-18/h6-9H,1-5,10-12H2,(H,17,19). The van der Waals surface area contributed by atoms with Crippen LogP contribution >= 0.6 is 0 Å². The van der Waals surface area contributed by atoms with Gasteiger partial charge in [-0.25, -0.2) is 9.18 Å². The Kier molecular flexibility index (Phi) is 5.19. The van der Waals surface area contributed by atoms with Crippen LogP contribution in [0.4, 0.5) is 9.18 Å². The number of nitrogens with zero attached hydrogens (tertiary/aromatic N) is 1. The Morgan fingerprint density at radius 3 is 2.26 bits per heavy atom. The van der Waals surface area contributed by atoms with Gasteiger partial charge in [0, 0.05) is 19.6 Å². The minimum absolute atomic E-state index is 0.00812. The molecule has 1 fully saturated rings. The van der Waals surface area contributed by atoms with Crippen molar-refractivity contribution >= 4 is 6.03 Å². The van der Waals surface area contributed by atoms with Gasteiger partial charge in [-0.2, -0.15) is 0 Å². The van der Waals surface area contributed by atoms with Gasteiger partial charge in [-0.05, 0) is 30.5 Å². The van der Waals surface area contributed by atoms with Gasteiger partial charge in [0.2, 0.25) is 0 Å². The van der Waals surface area contributed by atoms with Gasteiger partial charge in [0.15, 0.2) is 0 Å². The van der Waals surface area contributed by atoms with Gasteiger partial charge < -0.3 is 10.2 Å². The lowest BCUT2D eigenvalue weighted by molar-refractivity contribution is 0.192. The fourth-order valence-electron chi connectivity index (χ4n) is 2.34. The van der Waals surface area contributed by atoms with E-state index in [2.05, 4.69) is 5.32 Å². The first kappa shape index (κ1) is 13.8. The highest BCUT2D eigenvalue weighted by Gasteiger charge is 2.13. The summed E-state index contributed by atoms with van der Waals surface area (Å²) in [5.74, 6) is -0.251. The Labute approximate surface area is 113 Å². The SMILES string of the molecule is O=C(NCc1ccc(F)cc1)N1CCCCCCC1. The lowest BCUT2D eigenvalue weighted by Gasteiger charge is -2.25. The molecule has 0 unspecified atom stereocenters. The number of carbonyl (C=O) groups is 1. The predicted octanol–water partition coefficient (Wildman–Crippen LogP) is 3.30. The number of halogens is 1. The van der Waals surface area contributed by atoms with Gasteiger partial charge in [0.25, 0.3) is 0 Å². The Balaban J connectivity index is 1.80.